The number of aliphatic hydroxyl groups is 1. The smallest absolute Gasteiger partial charge is 0.0977 e. The van der Waals surface area contributed by atoms with Gasteiger partial charge in [-0.25, -0.2) is 0 Å². The lowest BCUT2D eigenvalue weighted by Crippen LogP contribution is -2.45. The minimum absolute atomic E-state index is 0.0735. The zero-order chi connectivity index (χ0) is 20.0. The highest BCUT2D eigenvalue weighted by Gasteiger charge is 2.40. The Balaban J connectivity index is 2.00. The Hall–Kier alpha value is -1.10. The van der Waals surface area contributed by atoms with Crippen molar-refractivity contribution in [3.63, 3.8) is 0 Å². The zero-order valence-corrected chi connectivity index (χ0v) is 17.9. The van der Waals surface area contributed by atoms with Gasteiger partial charge in [0.05, 0.1) is 18.8 Å². The summed E-state index contributed by atoms with van der Waals surface area (Å²) in [4.78, 5) is 2.38. The monoisotopic (exact) mass is 421 g/mol. The molecule has 1 N–H and O–H groups in total. The highest BCUT2D eigenvalue weighted by molar-refractivity contribution is 6.30. The van der Waals surface area contributed by atoms with Crippen LogP contribution in [0.4, 0.5) is 0 Å². The summed E-state index contributed by atoms with van der Waals surface area (Å²) >= 11 is 12.3. The molecule has 1 aliphatic rings. The van der Waals surface area contributed by atoms with Crippen LogP contribution < -0.4 is 0 Å². The van der Waals surface area contributed by atoms with Crippen molar-refractivity contribution in [2.45, 2.75) is 37.7 Å². The van der Waals surface area contributed by atoms with Crippen molar-refractivity contribution >= 4 is 23.2 Å². The molecule has 0 unspecified atom stereocenters. The molecule has 2 aromatic carbocycles. The largest absolute Gasteiger partial charge is 0.384 e. The van der Waals surface area contributed by atoms with E-state index in [4.69, 9.17) is 27.9 Å². The summed E-state index contributed by atoms with van der Waals surface area (Å²) in [5.41, 5.74) is 1.04. The van der Waals surface area contributed by atoms with Gasteiger partial charge in [0, 0.05) is 35.6 Å². The van der Waals surface area contributed by atoms with E-state index >= 15 is 0 Å². The number of benzene rings is 2. The van der Waals surface area contributed by atoms with Gasteiger partial charge in [-0.2, -0.15) is 0 Å². The molecule has 0 aliphatic carbocycles. The lowest BCUT2D eigenvalue weighted by molar-refractivity contribution is -0.0293. The van der Waals surface area contributed by atoms with Gasteiger partial charge in [0.25, 0.3) is 0 Å². The van der Waals surface area contributed by atoms with Gasteiger partial charge in [-0.3, -0.25) is 4.90 Å². The zero-order valence-electron chi connectivity index (χ0n) is 16.4. The van der Waals surface area contributed by atoms with Crippen molar-refractivity contribution in [3.05, 3.63) is 69.7 Å². The molecule has 28 heavy (non-hydrogen) atoms. The molecule has 1 fully saturated rings. The minimum atomic E-state index is -0.979. The normalized spacial score (nSPS) is 18.6. The van der Waals surface area contributed by atoms with Crippen molar-refractivity contribution in [1.29, 1.82) is 0 Å². The SMILES string of the molecule is CCCC[C@](O)(c1ccc(Cl)cc1)[C@@H](CN1CCOCC1)c1ccc(Cl)cc1. The number of hydrogen-bond acceptors (Lipinski definition) is 3. The van der Waals surface area contributed by atoms with Crippen molar-refractivity contribution in [3.8, 4) is 0 Å². The molecule has 2 atom stereocenters. The molecule has 1 aliphatic heterocycles. The second kappa shape index (κ2) is 10.1. The average molecular weight is 422 g/mol. The van der Waals surface area contributed by atoms with E-state index in [1.165, 1.54) is 0 Å². The maximum Gasteiger partial charge on any atom is 0.0977 e. The third-order valence-corrected chi connectivity index (χ3v) is 6.15. The van der Waals surface area contributed by atoms with Gasteiger partial charge in [0.2, 0.25) is 0 Å². The first-order valence-corrected chi connectivity index (χ1v) is 10.8. The predicted molar refractivity (Wildman–Crippen MR) is 116 cm³/mol. The van der Waals surface area contributed by atoms with E-state index in [-0.39, 0.29) is 5.92 Å². The predicted octanol–water partition coefficient (Wildman–Crippen LogP) is 5.49. The number of halogens is 2. The van der Waals surface area contributed by atoms with E-state index in [1.54, 1.807) is 0 Å². The highest BCUT2D eigenvalue weighted by Crippen LogP contribution is 2.42. The highest BCUT2D eigenvalue weighted by atomic mass is 35.5. The van der Waals surface area contributed by atoms with Crippen LogP contribution in [0.1, 0.15) is 43.2 Å². The number of nitrogens with zero attached hydrogens (tertiary/aromatic N) is 1. The summed E-state index contributed by atoms with van der Waals surface area (Å²) in [6, 6.07) is 15.5. The fraction of sp³-hybridized carbons (Fsp3) is 0.478. The third-order valence-electron chi connectivity index (χ3n) is 5.65. The van der Waals surface area contributed by atoms with Gasteiger partial charge < -0.3 is 9.84 Å². The van der Waals surface area contributed by atoms with Crippen molar-refractivity contribution in [1.82, 2.24) is 4.90 Å². The Morgan fingerprint density at radius 1 is 1.00 bits per heavy atom. The molecule has 0 aromatic heterocycles. The number of rotatable bonds is 8. The van der Waals surface area contributed by atoms with E-state index in [1.807, 2.05) is 48.5 Å². The van der Waals surface area contributed by atoms with Crippen LogP contribution in [0.3, 0.4) is 0 Å². The first kappa shape index (κ1) is 21.6. The van der Waals surface area contributed by atoms with Crippen LogP contribution in [-0.2, 0) is 10.3 Å². The molecule has 5 heteroatoms. The van der Waals surface area contributed by atoms with E-state index in [9.17, 15) is 5.11 Å². The minimum Gasteiger partial charge on any atom is -0.384 e. The molecule has 0 bridgehead atoms. The summed E-state index contributed by atoms with van der Waals surface area (Å²) in [7, 11) is 0. The van der Waals surface area contributed by atoms with E-state index in [0.717, 1.165) is 56.8 Å². The van der Waals surface area contributed by atoms with E-state index in [2.05, 4.69) is 11.8 Å². The molecular weight excluding hydrogens is 393 g/mol. The summed E-state index contributed by atoms with van der Waals surface area (Å²) in [6.07, 6.45) is 2.68. The van der Waals surface area contributed by atoms with Crippen molar-refractivity contribution in [2.75, 3.05) is 32.8 Å². The Bertz CT molecular complexity index is 729. The van der Waals surface area contributed by atoms with Gasteiger partial charge in [-0.05, 0) is 41.8 Å². The van der Waals surface area contributed by atoms with Crippen LogP contribution in [0, 0.1) is 0 Å². The lowest BCUT2D eigenvalue weighted by Gasteiger charge is -2.41. The van der Waals surface area contributed by atoms with Crippen molar-refractivity contribution < 1.29 is 9.84 Å². The molecule has 0 saturated carbocycles. The summed E-state index contributed by atoms with van der Waals surface area (Å²) in [5.74, 6) is -0.0735. The number of ether oxygens (including phenoxy) is 1. The third kappa shape index (κ3) is 5.28. The summed E-state index contributed by atoms with van der Waals surface area (Å²) in [5, 5.41) is 13.5. The molecule has 3 rings (SSSR count). The Kier molecular flexibility index (Phi) is 7.78. The average Bonchev–Trinajstić information content (AvgIpc) is 2.72. The number of morpholine rings is 1. The molecular formula is C23H29Cl2NO2. The molecule has 0 radical (unpaired) electrons. The second-order valence-electron chi connectivity index (χ2n) is 7.55. The lowest BCUT2D eigenvalue weighted by atomic mass is 9.74. The van der Waals surface area contributed by atoms with Crippen LogP contribution in [-0.4, -0.2) is 42.9 Å². The van der Waals surface area contributed by atoms with Gasteiger partial charge in [0.1, 0.15) is 0 Å². The molecule has 1 saturated heterocycles. The first-order valence-electron chi connectivity index (χ1n) is 10.1. The Morgan fingerprint density at radius 3 is 2.14 bits per heavy atom. The molecule has 1 heterocycles. The van der Waals surface area contributed by atoms with Gasteiger partial charge >= 0.3 is 0 Å². The number of hydrogen-bond donors (Lipinski definition) is 1. The topological polar surface area (TPSA) is 32.7 Å². The fourth-order valence-corrected chi connectivity index (χ4v) is 4.23. The first-order chi connectivity index (χ1) is 13.5. The van der Waals surface area contributed by atoms with Gasteiger partial charge in [0.15, 0.2) is 0 Å². The van der Waals surface area contributed by atoms with Gasteiger partial charge in [-0.1, -0.05) is 67.2 Å². The standard InChI is InChI=1S/C23H29Cl2NO2/c1-2-3-12-23(27,19-6-10-21(25)11-7-19)22(17-26-13-15-28-16-14-26)18-4-8-20(24)9-5-18/h4-11,22,27H,2-3,12-17H2,1H3/t22-,23-/m0/s1. The maximum atomic E-state index is 12.1. The molecule has 0 amide bonds. The molecule has 0 spiro atoms. The second-order valence-corrected chi connectivity index (χ2v) is 8.42. The van der Waals surface area contributed by atoms with Crippen molar-refractivity contribution in [2.24, 2.45) is 0 Å². The van der Waals surface area contributed by atoms with Crippen LogP contribution in [0.5, 0.6) is 0 Å². The Labute approximate surface area is 178 Å². The molecule has 152 valence electrons. The van der Waals surface area contributed by atoms with Crippen LogP contribution >= 0.6 is 23.2 Å². The number of unbranched alkanes of at least 4 members (excludes halogenated alkanes) is 1. The summed E-state index contributed by atoms with van der Waals surface area (Å²) in [6.45, 7) is 6.17. The van der Waals surface area contributed by atoms with E-state index < -0.39 is 5.60 Å². The molecule has 3 nitrogen and oxygen atoms in total. The van der Waals surface area contributed by atoms with Crippen LogP contribution in [0.25, 0.3) is 0 Å². The maximum absolute atomic E-state index is 12.1. The quantitative estimate of drug-likeness (QED) is 0.611. The van der Waals surface area contributed by atoms with Crippen LogP contribution in [0.2, 0.25) is 10.0 Å². The fourth-order valence-electron chi connectivity index (χ4n) is 3.97. The van der Waals surface area contributed by atoms with Crippen LogP contribution in [0.15, 0.2) is 48.5 Å². The van der Waals surface area contributed by atoms with Gasteiger partial charge in [-0.15, -0.1) is 0 Å². The molecule has 2 aromatic rings. The Morgan fingerprint density at radius 2 is 1.57 bits per heavy atom. The summed E-state index contributed by atoms with van der Waals surface area (Å²) < 4.78 is 5.51. The van der Waals surface area contributed by atoms with E-state index in [0.29, 0.717) is 16.5 Å².